The molecule has 0 fully saturated rings. The van der Waals surface area contributed by atoms with Crippen LogP contribution in [-0.2, 0) is 4.79 Å². The normalized spacial score (nSPS) is 10.6. The quantitative estimate of drug-likeness (QED) is 0.598. The number of carbonyl (C=O) groups excluding carboxylic acids is 2. The third kappa shape index (κ3) is 5.81. The van der Waals surface area contributed by atoms with Crippen molar-refractivity contribution in [1.82, 2.24) is 5.32 Å². The van der Waals surface area contributed by atoms with Crippen molar-refractivity contribution in [2.24, 2.45) is 0 Å². The Bertz CT molecular complexity index is 1020. The Morgan fingerprint density at radius 2 is 1.62 bits per heavy atom. The number of amides is 2. The number of carbonyl (C=O) groups is 2. The van der Waals surface area contributed by atoms with Gasteiger partial charge in [-0.15, -0.1) is 0 Å². The molecule has 0 aliphatic rings. The summed E-state index contributed by atoms with van der Waals surface area (Å²) in [5.41, 5.74) is 3.20. The summed E-state index contributed by atoms with van der Waals surface area (Å²) in [5, 5.41) is 5.37. The zero-order chi connectivity index (χ0) is 20.6. The number of hydrogen-bond acceptors (Lipinski definition) is 3. The molecule has 0 atom stereocenters. The van der Waals surface area contributed by atoms with E-state index in [4.69, 9.17) is 4.74 Å². The van der Waals surface area contributed by atoms with Gasteiger partial charge in [-0.3, -0.25) is 9.59 Å². The van der Waals surface area contributed by atoms with E-state index in [9.17, 15) is 9.59 Å². The minimum Gasteiger partial charge on any atom is -0.457 e. The summed E-state index contributed by atoms with van der Waals surface area (Å²) in [6.07, 6.45) is 3.14. The first-order valence-corrected chi connectivity index (χ1v) is 9.19. The third-order valence-corrected chi connectivity index (χ3v) is 4.17. The highest BCUT2D eigenvalue weighted by atomic mass is 16.5. The van der Waals surface area contributed by atoms with Gasteiger partial charge in [0.2, 0.25) is 5.91 Å². The van der Waals surface area contributed by atoms with Gasteiger partial charge in [-0.2, -0.15) is 0 Å². The summed E-state index contributed by atoms with van der Waals surface area (Å²) in [6.45, 7) is 2.01. The maximum Gasteiger partial charge on any atom is 0.251 e. The van der Waals surface area contributed by atoms with Crippen LogP contribution in [-0.4, -0.2) is 18.9 Å². The second-order valence-electron chi connectivity index (χ2n) is 6.47. The molecule has 2 amide bonds. The van der Waals surface area contributed by atoms with Gasteiger partial charge in [0.05, 0.1) is 0 Å². The summed E-state index contributed by atoms with van der Waals surface area (Å²) < 4.78 is 5.80. The van der Waals surface area contributed by atoms with Crippen LogP contribution >= 0.6 is 0 Å². The summed E-state index contributed by atoms with van der Waals surface area (Å²) in [7, 11) is 1.59. The lowest BCUT2D eigenvalue weighted by molar-refractivity contribution is -0.111. The van der Waals surface area contributed by atoms with E-state index in [0.29, 0.717) is 17.0 Å². The molecule has 0 aliphatic heterocycles. The molecule has 3 rings (SSSR count). The maximum absolute atomic E-state index is 12.1. The van der Waals surface area contributed by atoms with Gasteiger partial charge in [0.1, 0.15) is 11.5 Å². The first-order valence-electron chi connectivity index (χ1n) is 9.19. The Labute approximate surface area is 170 Å². The average molecular weight is 386 g/mol. The Balaban J connectivity index is 1.56. The van der Waals surface area contributed by atoms with Crippen LogP contribution in [0.4, 0.5) is 5.69 Å². The fourth-order valence-electron chi connectivity index (χ4n) is 2.67. The number of nitrogens with one attached hydrogen (secondary N) is 2. The van der Waals surface area contributed by atoms with Crippen LogP contribution in [0.2, 0.25) is 0 Å². The molecule has 0 unspecified atom stereocenters. The number of hydrogen-bond donors (Lipinski definition) is 2. The van der Waals surface area contributed by atoms with E-state index in [2.05, 4.69) is 10.6 Å². The van der Waals surface area contributed by atoms with Crippen LogP contribution in [0, 0.1) is 6.92 Å². The van der Waals surface area contributed by atoms with E-state index in [0.717, 1.165) is 16.9 Å². The molecule has 0 saturated heterocycles. The zero-order valence-electron chi connectivity index (χ0n) is 16.3. The Morgan fingerprint density at radius 3 is 2.28 bits per heavy atom. The molecule has 5 heteroatoms. The fraction of sp³-hybridized carbons (Fsp3) is 0.0833. The van der Waals surface area contributed by atoms with Crippen molar-refractivity contribution < 1.29 is 14.3 Å². The van der Waals surface area contributed by atoms with Crippen molar-refractivity contribution in [3.63, 3.8) is 0 Å². The van der Waals surface area contributed by atoms with E-state index in [1.807, 2.05) is 31.2 Å². The minimum absolute atomic E-state index is 0.145. The minimum atomic E-state index is -0.243. The smallest absolute Gasteiger partial charge is 0.251 e. The van der Waals surface area contributed by atoms with Crippen molar-refractivity contribution in [1.29, 1.82) is 0 Å². The first-order chi connectivity index (χ1) is 14.0. The molecule has 0 spiro atoms. The van der Waals surface area contributed by atoms with Crippen LogP contribution in [0.25, 0.3) is 6.08 Å². The SMILES string of the molecule is CNC(=O)c1ccc(/C=C/C(=O)Nc2ccc(Oc3cccc(C)c3)cc2)cc1. The van der Waals surface area contributed by atoms with Crippen molar-refractivity contribution in [3.8, 4) is 11.5 Å². The van der Waals surface area contributed by atoms with Gasteiger partial charge in [-0.1, -0.05) is 24.3 Å². The second kappa shape index (κ2) is 9.37. The van der Waals surface area contributed by atoms with E-state index < -0.39 is 0 Å². The van der Waals surface area contributed by atoms with Gasteiger partial charge in [0.15, 0.2) is 0 Å². The van der Waals surface area contributed by atoms with Crippen LogP contribution in [0.5, 0.6) is 11.5 Å². The Kier molecular flexibility index (Phi) is 6.43. The topological polar surface area (TPSA) is 67.4 Å². The molecule has 3 aromatic rings. The van der Waals surface area contributed by atoms with Crippen LogP contribution in [0.3, 0.4) is 0 Å². The molecule has 146 valence electrons. The molecule has 0 saturated carbocycles. The van der Waals surface area contributed by atoms with Crippen molar-refractivity contribution >= 4 is 23.6 Å². The molecule has 2 N–H and O–H groups in total. The van der Waals surface area contributed by atoms with Gasteiger partial charge >= 0.3 is 0 Å². The molecule has 3 aromatic carbocycles. The Morgan fingerprint density at radius 1 is 0.897 bits per heavy atom. The molecular formula is C24H22N2O3. The molecule has 0 aromatic heterocycles. The van der Waals surface area contributed by atoms with E-state index in [1.165, 1.54) is 6.08 Å². The lowest BCUT2D eigenvalue weighted by Crippen LogP contribution is -2.17. The van der Waals surface area contributed by atoms with Gasteiger partial charge in [0, 0.05) is 24.4 Å². The molecular weight excluding hydrogens is 364 g/mol. The van der Waals surface area contributed by atoms with E-state index in [-0.39, 0.29) is 11.8 Å². The molecule has 0 radical (unpaired) electrons. The zero-order valence-corrected chi connectivity index (χ0v) is 16.3. The highest BCUT2D eigenvalue weighted by Crippen LogP contribution is 2.23. The molecule has 29 heavy (non-hydrogen) atoms. The lowest BCUT2D eigenvalue weighted by atomic mass is 10.1. The largest absolute Gasteiger partial charge is 0.457 e. The van der Waals surface area contributed by atoms with Gasteiger partial charge in [-0.05, 0) is 72.7 Å². The monoisotopic (exact) mass is 386 g/mol. The summed E-state index contributed by atoms with van der Waals surface area (Å²) in [6, 6.07) is 22.0. The van der Waals surface area contributed by atoms with Crippen LogP contribution in [0.1, 0.15) is 21.5 Å². The van der Waals surface area contributed by atoms with E-state index in [1.54, 1.807) is 61.7 Å². The highest BCUT2D eigenvalue weighted by Gasteiger charge is 2.03. The standard InChI is InChI=1S/C24H22N2O3/c1-17-4-3-5-22(16-17)29-21-13-11-20(12-14-21)26-23(27)15-8-18-6-9-19(10-7-18)24(28)25-2/h3-16H,1-2H3,(H,25,28)(H,26,27)/b15-8+. The molecule has 0 aliphatic carbocycles. The summed E-state index contributed by atoms with van der Waals surface area (Å²) in [5.74, 6) is 1.08. The van der Waals surface area contributed by atoms with Gasteiger partial charge in [0.25, 0.3) is 5.91 Å². The number of benzene rings is 3. The fourth-order valence-corrected chi connectivity index (χ4v) is 2.67. The number of rotatable bonds is 6. The van der Waals surface area contributed by atoms with E-state index >= 15 is 0 Å². The highest BCUT2D eigenvalue weighted by molar-refractivity contribution is 6.02. The van der Waals surface area contributed by atoms with Gasteiger partial charge < -0.3 is 15.4 Å². The van der Waals surface area contributed by atoms with Crippen LogP contribution < -0.4 is 15.4 Å². The number of aryl methyl sites for hydroxylation is 1. The summed E-state index contributed by atoms with van der Waals surface area (Å²) >= 11 is 0. The van der Waals surface area contributed by atoms with Crippen molar-refractivity contribution in [2.45, 2.75) is 6.92 Å². The molecule has 0 heterocycles. The molecule has 0 bridgehead atoms. The predicted octanol–water partition coefficient (Wildman–Crippen LogP) is 4.80. The number of anilines is 1. The number of ether oxygens (including phenoxy) is 1. The first kappa shape index (κ1) is 19.9. The lowest BCUT2D eigenvalue weighted by Gasteiger charge is -2.08. The average Bonchev–Trinajstić information content (AvgIpc) is 2.73. The Hall–Kier alpha value is -3.86. The van der Waals surface area contributed by atoms with Crippen LogP contribution in [0.15, 0.2) is 78.9 Å². The molecule has 5 nitrogen and oxygen atoms in total. The summed E-state index contributed by atoms with van der Waals surface area (Å²) in [4.78, 5) is 23.7. The van der Waals surface area contributed by atoms with Crippen molar-refractivity contribution in [2.75, 3.05) is 12.4 Å². The van der Waals surface area contributed by atoms with Crippen molar-refractivity contribution in [3.05, 3.63) is 95.6 Å². The van der Waals surface area contributed by atoms with Gasteiger partial charge in [-0.25, -0.2) is 0 Å². The third-order valence-electron chi connectivity index (χ3n) is 4.17. The maximum atomic E-state index is 12.1. The predicted molar refractivity (Wildman–Crippen MR) is 115 cm³/mol. The second-order valence-corrected chi connectivity index (χ2v) is 6.47.